The van der Waals surface area contributed by atoms with Gasteiger partial charge in [-0.05, 0) is 51.0 Å². The van der Waals surface area contributed by atoms with E-state index in [1.807, 2.05) is 38.1 Å². The lowest BCUT2D eigenvalue weighted by Crippen LogP contribution is -2.48. The lowest BCUT2D eigenvalue weighted by atomic mass is 9.99. The Hall–Kier alpha value is -1.26. The van der Waals surface area contributed by atoms with Gasteiger partial charge in [-0.2, -0.15) is 0 Å². The molecule has 4 nitrogen and oxygen atoms in total. The molecule has 1 aromatic carbocycles. The van der Waals surface area contributed by atoms with E-state index in [0.29, 0.717) is 19.3 Å². The van der Waals surface area contributed by atoms with Crippen LogP contribution in [-0.4, -0.2) is 36.5 Å². The summed E-state index contributed by atoms with van der Waals surface area (Å²) in [6.07, 6.45) is 3.22. The quantitative estimate of drug-likeness (QED) is 0.728. The Balaban J connectivity index is 1.76. The summed E-state index contributed by atoms with van der Waals surface area (Å²) in [5.74, 6) is 1.69. The largest absolute Gasteiger partial charge is 0.494 e. The number of rotatable bonds is 9. The van der Waals surface area contributed by atoms with E-state index in [0.717, 1.165) is 17.9 Å². The molecule has 1 aliphatic carbocycles. The Bertz CT molecular complexity index is 403. The second-order valence-corrected chi connectivity index (χ2v) is 5.64. The second-order valence-electron chi connectivity index (χ2n) is 5.64. The van der Waals surface area contributed by atoms with Crippen molar-refractivity contribution < 1.29 is 14.6 Å². The first-order valence-electron chi connectivity index (χ1n) is 7.39. The molecule has 0 bridgehead atoms. The molecule has 1 aliphatic rings. The van der Waals surface area contributed by atoms with Crippen molar-refractivity contribution in [3.63, 3.8) is 0 Å². The minimum atomic E-state index is -0.244. The van der Waals surface area contributed by atoms with Crippen molar-refractivity contribution >= 4 is 0 Å². The molecule has 0 aliphatic heterocycles. The minimum Gasteiger partial charge on any atom is -0.494 e. The number of aliphatic hydroxyl groups excluding tert-OH is 1. The molecule has 1 unspecified atom stereocenters. The molecule has 0 heterocycles. The van der Waals surface area contributed by atoms with Gasteiger partial charge in [0.05, 0.1) is 19.8 Å². The zero-order valence-electron chi connectivity index (χ0n) is 12.4. The molecule has 1 saturated carbocycles. The van der Waals surface area contributed by atoms with Gasteiger partial charge < -0.3 is 19.9 Å². The van der Waals surface area contributed by atoms with Gasteiger partial charge in [-0.3, -0.25) is 0 Å². The molecule has 4 heteroatoms. The van der Waals surface area contributed by atoms with Crippen LogP contribution in [0.1, 0.15) is 33.1 Å². The highest BCUT2D eigenvalue weighted by Gasteiger charge is 2.31. The standard InChI is InChI=1S/C16H25NO3/c1-3-19-14-6-8-15(9-7-14)20-11-10-16(2,12-18)17-13-4-5-13/h6-9,13,17-18H,3-5,10-12H2,1-2H3. The van der Waals surface area contributed by atoms with Gasteiger partial charge in [0.1, 0.15) is 11.5 Å². The van der Waals surface area contributed by atoms with E-state index < -0.39 is 0 Å². The Kier molecular flexibility index (Phi) is 5.26. The Morgan fingerprint density at radius 3 is 2.30 bits per heavy atom. The van der Waals surface area contributed by atoms with Crippen molar-refractivity contribution in [3.8, 4) is 11.5 Å². The fraction of sp³-hybridized carbons (Fsp3) is 0.625. The van der Waals surface area contributed by atoms with Gasteiger partial charge in [-0.25, -0.2) is 0 Å². The summed E-state index contributed by atoms with van der Waals surface area (Å²) in [5.41, 5.74) is -0.244. The van der Waals surface area contributed by atoms with Crippen LogP contribution < -0.4 is 14.8 Å². The van der Waals surface area contributed by atoms with E-state index in [4.69, 9.17) is 9.47 Å². The maximum Gasteiger partial charge on any atom is 0.119 e. The van der Waals surface area contributed by atoms with Gasteiger partial charge in [0.2, 0.25) is 0 Å². The SMILES string of the molecule is CCOc1ccc(OCCC(C)(CO)NC2CC2)cc1. The minimum absolute atomic E-state index is 0.135. The maximum absolute atomic E-state index is 9.52. The van der Waals surface area contributed by atoms with Gasteiger partial charge in [0.15, 0.2) is 0 Å². The van der Waals surface area contributed by atoms with Gasteiger partial charge in [0, 0.05) is 18.0 Å². The van der Waals surface area contributed by atoms with Crippen molar-refractivity contribution in [3.05, 3.63) is 24.3 Å². The lowest BCUT2D eigenvalue weighted by molar-refractivity contribution is 0.142. The summed E-state index contributed by atoms with van der Waals surface area (Å²) in [7, 11) is 0. The molecule has 1 fully saturated rings. The Labute approximate surface area is 121 Å². The van der Waals surface area contributed by atoms with Crippen LogP contribution in [0.5, 0.6) is 11.5 Å². The van der Waals surface area contributed by atoms with Crippen LogP contribution in [0.3, 0.4) is 0 Å². The molecule has 20 heavy (non-hydrogen) atoms. The molecule has 112 valence electrons. The third-order valence-corrected chi connectivity index (χ3v) is 3.54. The summed E-state index contributed by atoms with van der Waals surface area (Å²) in [4.78, 5) is 0. The Morgan fingerprint density at radius 2 is 1.80 bits per heavy atom. The number of hydrogen-bond acceptors (Lipinski definition) is 4. The monoisotopic (exact) mass is 279 g/mol. The first-order chi connectivity index (χ1) is 9.65. The van der Waals surface area contributed by atoms with Gasteiger partial charge >= 0.3 is 0 Å². The van der Waals surface area contributed by atoms with Gasteiger partial charge in [0.25, 0.3) is 0 Å². The van der Waals surface area contributed by atoms with Crippen LogP contribution in [0.4, 0.5) is 0 Å². The van der Waals surface area contributed by atoms with Crippen LogP contribution in [0.15, 0.2) is 24.3 Å². The van der Waals surface area contributed by atoms with Crippen molar-refractivity contribution in [1.29, 1.82) is 0 Å². The molecule has 0 saturated heterocycles. The van der Waals surface area contributed by atoms with Crippen LogP contribution in [-0.2, 0) is 0 Å². The summed E-state index contributed by atoms with van der Waals surface area (Å²) >= 11 is 0. The predicted octanol–water partition coefficient (Wildman–Crippen LogP) is 2.36. The number of ether oxygens (including phenoxy) is 2. The van der Waals surface area contributed by atoms with E-state index in [9.17, 15) is 5.11 Å². The molecular weight excluding hydrogens is 254 g/mol. The molecule has 2 N–H and O–H groups in total. The third kappa shape index (κ3) is 4.69. The molecule has 2 rings (SSSR count). The molecule has 0 radical (unpaired) electrons. The van der Waals surface area contributed by atoms with Crippen LogP contribution >= 0.6 is 0 Å². The van der Waals surface area contributed by atoms with E-state index in [1.165, 1.54) is 12.8 Å². The van der Waals surface area contributed by atoms with E-state index >= 15 is 0 Å². The fourth-order valence-corrected chi connectivity index (χ4v) is 2.11. The average Bonchev–Trinajstić information content (AvgIpc) is 3.25. The molecule has 1 atom stereocenters. The highest BCUT2D eigenvalue weighted by atomic mass is 16.5. The van der Waals surface area contributed by atoms with Crippen LogP contribution in [0, 0.1) is 0 Å². The number of aliphatic hydroxyl groups is 1. The maximum atomic E-state index is 9.52. The smallest absolute Gasteiger partial charge is 0.119 e. The van der Waals surface area contributed by atoms with Crippen molar-refractivity contribution in [2.75, 3.05) is 19.8 Å². The fourth-order valence-electron chi connectivity index (χ4n) is 2.11. The van der Waals surface area contributed by atoms with Crippen molar-refractivity contribution in [2.24, 2.45) is 0 Å². The van der Waals surface area contributed by atoms with E-state index in [2.05, 4.69) is 5.32 Å². The molecule has 0 aromatic heterocycles. The molecule has 0 amide bonds. The average molecular weight is 279 g/mol. The molecule has 1 aromatic rings. The lowest BCUT2D eigenvalue weighted by Gasteiger charge is -2.29. The first-order valence-corrected chi connectivity index (χ1v) is 7.39. The highest BCUT2D eigenvalue weighted by molar-refractivity contribution is 5.31. The summed E-state index contributed by atoms with van der Waals surface area (Å²) in [6, 6.07) is 8.22. The zero-order chi connectivity index (χ0) is 14.4. The van der Waals surface area contributed by atoms with Crippen molar-refractivity contribution in [1.82, 2.24) is 5.32 Å². The van der Waals surface area contributed by atoms with Gasteiger partial charge in [-0.1, -0.05) is 0 Å². The van der Waals surface area contributed by atoms with Gasteiger partial charge in [-0.15, -0.1) is 0 Å². The normalized spacial score (nSPS) is 17.6. The summed E-state index contributed by atoms with van der Waals surface area (Å²) < 4.78 is 11.1. The van der Waals surface area contributed by atoms with Crippen molar-refractivity contribution in [2.45, 2.75) is 44.7 Å². The van der Waals surface area contributed by atoms with Crippen LogP contribution in [0.25, 0.3) is 0 Å². The second kappa shape index (κ2) is 6.95. The predicted molar refractivity (Wildman–Crippen MR) is 79.4 cm³/mol. The first kappa shape index (κ1) is 15.1. The van der Waals surface area contributed by atoms with E-state index in [-0.39, 0.29) is 12.1 Å². The molecule has 0 spiro atoms. The highest BCUT2D eigenvalue weighted by Crippen LogP contribution is 2.24. The molecular formula is C16H25NO3. The topological polar surface area (TPSA) is 50.7 Å². The number of nitrogens with one attached hydrogen (secondary N) is 1. The Morgan fingerprint density at radius 1 is 1.20 bits per heavy atom. The number of benzene rings is 1. The zero-order valence-corrected chi connectivity index (χ0v) is 12.4. The van der Waals surface area contributed by atoms with E-state index in [1.54, 1.807) is 0 Å². The summed E-state index contributed by atoms with van der Waals surface area (Å²) in [6.45, 7) is 5.41. The summed E-state index contributed by atoms with van der Waals surface area (Å²) in [5, 5.41) is 13.0. The number of hydrogen-bond donors (Lipinski definition) is 2. The van der Waals surface area contributed by atoms with Crippen LogP contribution in [0.2, 0.25) is 0 Å². The third-order valence-electron chi connectivity index (χ3n) is 3.54.